The summed E-state index contributed by atoms with van der Waals surface area (Å²) in [7, 11) is 0. The van der Waals surface area contributed by atoms with Gasteiger partial charge in [-0.05, 0) is 86.3 Å². The molecular weight excluding hydrogens is 376 g/mol. The monoisotopic (exact) mass is 416 g/mol. The van der Waals surface area contributed by atoms with Crippen LogP contribution in [0.5, 0.6) is 5.75 Å². The number of hydrogen-bond donors (Lipinski definition) is 0. The van der Waals surface area contributed by atoms with Gasteiger partial charge in [-0.1, -0.05) is 75.6 Å². The summed E-state index contributed by atoms with van der Waals surface area (Å²) in [5, 5.41) is 0. The molecular formula is C30H40O. The maximum Gasteiger partial charge on any atom is 0.119 e. The van der Waals surface area contributed by atoms with Gasteiger partial charge in [0.05, 0.1) is 6.61 Å². The molecule has 0 heterocycles. The second-order valence-corrected chi connectivity index (χ2v) is 9.10. The molecule has 1 nitrogen and oxygen atoms in total. The Morgan fingerprint density at radius 2 is 1.48 bits per heavy atom. The molecule has 1 aliphatic rings. The smallest absolute Gasteiger partial charge is 0.119 e. The van der Waals surface area contributed by atoms with E-state index in [9.17, 15) is 0 Å². The maximum atomic E-state index is 5.65. The fraction of sp³-hybridized carbons (Fsp3) is 0.533. The molecule has 31 heavy (non-hydrogen) atoms. The average Bonchev–Trinajstić information content (AvgIpc) is 2.83. The third-order valence-corrected chi connectivity index (χ3v) is 6.50. The minimum atomic E-state index is 0.537. The normalized spacial score (nSPS) is 18.3. The molecule has 0 aromatic heterocycles. The molecule has 0 aliphatic heterocycles. The van der Waals surface area contributed by atoms with Gasteiger partial charge in [0.2, 0.25) is 0 Å². The molecule has 1 fully saturated rings. The SMILES string of the molecule is CCCCCCCc1ccc(C2CCC(C#Cc3ccc(OCCC)cc3)CC2)cc1. The standard InChI is InChI=1S/C30H40O/c1-3-5-6-7-8-9-25-12-18-28(19-13-25)29-20-14-26(15-21-29)10-11-27-16-22-30(23-17-27)31-24-4-2/h12-13,16-19,22-23,26,29H,3-9,14-15,20-21,24H2,1-2H3. The molecule has 1 saturated carbocycles. The first-order chi connectivity index (χ1) is 15.3. The second-order valence-electron chi connectivity index (χ2n) is 9.10. The van der Waals surface area contributed by atoms with E-state index in [1.54, 1.807) is 0 Å². The van der Waals surface area contributed by atoms with Gasteiger partial charge >= 0.3 is 0 Å². The van der Waals surface area contributed by atoms with Crippen LogP contribution in [0.3, 0.4) is 0 Å². The largest absolute Gasteiger partial charge is 0.494 e. The lowest BCUT2D eigenvalue weighted by Crippen LogP contribution is -2.12. The molecule has 0 spiro atoms. The van der Waals surface area contributed by atoms with Gasteiger partial charge in [-0.25, -0.2) is 0 Å². The van der Waals surface area contributed by atoms with Crippen LogP contribution in [0.15, 0.2) is 48.5 Å². The summed E-state index contributed by atoms with van der Waals surface area (Å²) in [5.41, 5.74) is 4.13. The van der Waals surface area contributed by atoms with Gasteiger partial charge in [0, 0.05) is 11.5 Å². The van der Waals surface area contributed by atoms with Crippen LogP contribution in [0.4, 0.5) is 0 Å². The third-order valence-electron chi connectivity index (χ3n) is 6.50. The predicted molar refractivity (Wildman–Crippen MR) is 133 cm³/mol. The van der Waals surface area contributed by atoms with Gasteiger partial charge in [-0.3, -0.25) is 0 Å². The van der Waals surface area contributed by atoms with E-state index in [4.69, 9.17) is 4.74 Å². The zero-order chi connectivity index (χ0) is 21.7. The Balaban J connectivity index is 1.42. The highest BCUT2D eigenvalue weighted by Gasteiger charge is 2.21. The van der Waals surface area contributed by atoms with Gasteiger partial charge in [-0.15, -0.1) is 0 Å². The maximum absolute atomic E-state index is 5.65. The number of ether oxygens (including phenoxy) is 1. The molecule has 166 valence electrons. The molecule has 2 aromatic carbocycles. The van der Waals surface area contributed by atoms with Crippen molar-refractivity contribution in [2.45, 2.75) is 90.4 Å². The van der Waals surface area contributed by atoms with Crippen LogP contribution in [0.25, 0.3) is 0 Å². The van der Waals surface area contributed by atoms with Crippen LogP contribution in [-0.2, 0) is 6.42 Å². The topological polar surface area (TPSA) is 9.23 Å². The van der Waals surface area contributed by atoms with Crippen LogP contribution in [0.2, 0.25) is 0 Å². The molecule has 3 rings (SSSR count). The average molecular weight is 417 g/mol. The van der Waals surface area contributed by atoms with Gasteiger partial charge in [0.15, 0.2) is 0 Å². The Labute approximate surface area is 190 Å². The lowest BCUT2D eigenvalue weighted by Gasteiger charge is -2.26. The quantitative estimate of drug-likeness (QED) is 0.279. The van der Waals surface area contributed by atoms with E-state index in [-0.39, 0.29) is 0 Å². The Kier molecular flexibility index (Phi) is 10.0. The number of rotatable bonds is 10. The van der Waals surface area contributed by atoms with Gasteiger partial charge < -0.3 is 4.74 Å². The lowest BCUT2D eigenvalue weighted by molar-refractivity contribution is 0.317. The summed E-state index contributed by atoms with van der Waals surface area (Å²) in [6.07, 6.45) is 14.0. The zero-order valence-corrected chi connectivity index (χ0v) is 19.7. The number of benzene rings is 2. The first-order valence-corrected chi connectivity index (χ1v) is 12.6. The second kappa shape index (κ2) is 13.3. The molecule has 0 amide bonds. The highest BCUT2D eigenvalue weighted by atomic mass is 16.5. The molecule has 0 atom stereocenters. The van der Waals surface area contributed by atoms with E-state index < -0.39 is 0 Å². The summed E-state index contributed by atoms with van der Waals surface area (Å²) >= 11 is 0. The van der Waals surface area contributed by atoms with Crippen LogP contribution >= 0.6 is 0 Å². The first-order valence-electron chi connectivity index (χ1n) is 12.6. The summed E-state index contributed by atoms with van der Waals surface area (Å²) in [4.78, 5) is 0. The van der Waals surface area contributed by atoms with E-state index >= 15 is 0 Å². The van der Waals surface area contributed by atoms with Crippen LogP contribution in [0, 0.1) is 17.8 Å². The van der Waals surface area contributed by atoms with Crippen molar-refractivity contribution >= 4 is 0 Å². The van der Waals surface area contributed by atoms with Crippen molar-refractivity contribution in [3.05, 3.63) is 65.2 Å². The van der Waals surface area contributed by atoms with Crippen molar-refractivity contribution in [3.8, 4) is 17.6 Å². The van der Waals surface area contributed by atoms with Gasteiger partial charge in [-0.2, -0.15) is 0 Å². The van der Waals surface area contributed by atoms with Crippen LogP contribution in [0.1, 0.15) is 101 Å². The van der Waals surface area contributed by atoms with Crippen molar-refractivity contribution in [2.24, 2.45) is 5.92 Å². The molecule has 1 heteroatoms. The number of aryl methyl sites for hydroxylation is 1. The minimum absolute atomic E-state index is 0.537. The molecule has 2 aromatic rings. The van der Waals surface area contributed by atoms with Gasteiger partial charge in [0.1, 0.15) is 5.75 Å². The van der Waals surface area contributed by atoms with Crippen molar-refractivity contribution in [1.82, 2.24) is 0 Å². The van der Waals surface area contributed by atoms with E-state index in [1.807, 2.05) is 12.1 Å². The van der Waals surface area contributed by atoms with Gasteiger partial charge in [0.25, 0.3) is 0 Å². The summed E-state index contributed by atoms with van der Waals surface area (Å²) in [6, 6.07) is 17.7. The number of hydrogen-bond acceptors (Lipinski definition) is 1. The van der Waals surface area contributed by atoms with Crippen LogP contribution < -0.4 is 4.74 Å². The summed E-state index contributed by atoms with van der Waals surface area (Å²) in [6.45, 7) is 5.18. The van der Waals surface area contributed by atoms with Crippen molar-refractivity contribution in [3.63, 3.8) is 0 Å². The minimum Gasteiger partial charge on any atom is -0.494 e. The van der Waals surface area contributed by atoms with Crippen molar-refractivity contribution in [2.75, 3.05) is 6.61 Å². The summed E-state index contributed by atoms with van der Waals surface area (Å²) in [5.74, 6) is 9.11. The fourth-order valence-electron chi connectivity index (χ4n) is 4.50. The van der Waals surface area contributed by atoms with E-state index in [2.05, 4.69) is 62.1 Å². The fourth-order valence-corrected chi connectivity index (χ4v) is 4.50. The molecule has 0 bridgehead atoms. The third kappa shape index (κ3) is 8.10. The van der Waals surface area contributed by atoms with E-state index in [0.717, 1.165) is 24.3 Å². The molecule has 0 radical (unpaired) electrons. The Bertz CT molecular complexity index is 798. The molecule has 0 unspecified atom stereocenters. The summed E-state index contributed by atoms with van der Waals surface area (Å²) < 4.78 is 5.65. The van der Waals surface area contributed by atoms with Crippen LogP contribution in [-0.4, -0.2) is 6.61 Å². The highest BCUT2D eigenvalue weighted by Crippen LogP contribution is 2.35. The lowest BCUT2D eigenvalue weighted by atomic mass is 9.78. The first kappa shape index (κ1) is 23.5. The molecule has 0 N–H and O–H groups in total. The molecule has 1 aliphatic carbocycles. The van der Waals surface area contributed by atoms with E-state index in [0.29, 0.717) is 11.8 Å². The Hall–Kier alpha value is -2.20. The zero-order valence-electron chi connectivity index (χ0n) is 19.7. The number of unbranched alkanes of at least 4 members (excludes halogenated alkanes) is 4. The van der Waals surface area contributed by atoms with E-state index in [1.165, 1.54) is 75.3 Å². The Morgan fingerprint density at radius 1 is 0.774 bits per heavy atom. The van der Waals surface area contributed by atoms with Crippen molar-refractivity contribution in [1.29, 1.82) is 0 Å². The predicted octanol–water partition coefficient (Wildman–Crippen LogP) is 8.31. The highest BCUT2D eigenvalue weighted by molar-refractivity contribution is 5.38. The molecule has 0 saturated heterocycles. The Morgan fingerprint density at radius 3 is 2.16 bits per heavy atom. The van der Waals surface area contributed by atoms with Crippen molar-refractivity contribution < 1.29 is 4.74 Å².